The number of imidazole rings is 2. The fraction of sp³-hybridized carbons (Fsp3) is 0.333. The van der Waals surface area contributed by atoms with Crippen LogP contribution >= 0.6 is 0 Å². The Morgan fingerprint density at radius 3 is 1.67 bits per heavy atom. The first kappa shape index (κ1) is 12.2. The zero-order chi connectivity index (χ0) is 13.1. The number of carbonyl (C=O) groups is 2. The van der Waals surface area contributed by atoms with E-state index in [1.807, 2.05) is 13.8 Å². The SMILES string of the molecule is CCc1nccn1C(=O)C(=O)n1ccnc1CC. The Hall–Kier alpha value is -2.24. The van der Waals surface area contributed by atoms with Crippen LogP contribution in [0.1, 0.15) is 35.1 Å². The number of hydrogen-bond acceptors (Lipinski definition) is 4. The van der Waals surface area contributed by atoms with E-state index < -0.39 is 11.8 Å². The normalized spacial score (nSPS) is 10.6. The number of aryl methyl sites for hydroxylation is 2. The third-order valence-corrected chi connectivity index (χ3v) is 2.69. The van der Waals surface area contributed by atoms with Crippen LogP contribution in [-0.2, 0) is 12.8 Å². The quantitative estimate of drug-likeness (QED) is 0.746. The summed E-state index contributed by atoms with van der Waals surface area (Å²) in [5.41, 5.74) is 0. The van der Waals surface area contributed by atoms with E-state index in [0.717, 1.165) is 0 Å². The molecule has 0 aliphatic heterocycles. The summed E-state index contributed by atoms with van der Waals surface area (Å²) in [6.45, 7) is 3.76. The van der Waals surface area contributed by atoms with Crippen molar-refractivity contribution in [2.24, 2.45) is 0 Å². The van der Waals surface area contributed by atoms with Crippen LogP contribution in [-0.4, -0.2) is 30.9 Å². The molecule has 0 bridgehead atoms. The highest BCUT2D eigenvalue weighted by molar-refractivity contribution is 6.37. The van der Waals surface area contributed by atoms with Crippen molar-refractivity contribution < 1.29 is 9.59 Å². The summed E-state index contributed by atoms with van der Waals surface area (Å²) < 4.78 is 2.56. The van der Waals surface area contributed by atoms with E-state index in [2.05, 4.69) is 9.97 Å². The van der Waals surface area contributed by atoms with Crippen LogP contribution in [0.2, 0.25) is 0 Å². The van der Waals surface area contributed by atoms with Crippen molar-refractivity contribution in [3.8, 4) is 0 Å². The van der Waals surface area contributed by atoms with Crippen LogP contribution in [0.4, 0.5) is 0 Å². The van der Waals surface area contributed by atoms with E-state index in [9.17, 15) is 9.59 Å². The van der Waals surface area contributed by atoms with Gasteiger partial charge in [-0.05, 0) is 0 Å². The van der Waals surface area contributed by atoms with E-state index in [-0.39, 0.29) is 0 Å². The first-order valence-electron chi connectivity index (χ1n) is 5.82. The molecule has 0 amide bonds. The Morgan fingerprint density at radius 1 is 0.944 bits per heavy atom. The second kappa shape index (κ2) is 4.95. The predicted molar refractivity (Wildman–Crippen MR) is 64.5 cm³/mol. The van der Waals surface area contributed by atoms with Gasteiger partial charge in [-0.3, -0.25) is 18.7 Å². The van der Waals surface area contributed by atoms with E-state index in [1.165, 1.54) is 33.9 Å². The van der Waals surface area contributed by atoms with E-state index in [4.69, 9.17) is 0 Å². The molecule has 2 heterocycles. The zero-order valence-corrected chi connectivity index (χ0v) is 10.3. The number of carbonyl (C=O) groups excluding carboxylic acids is 2. The van der Waals surface area contributed by atoms with Crippen molar-refractivity contribution in [2.45, 2.75) is 26.7 Å². The Balaban J connectivity index is 2.32. The van der Waals surface area contributed by atoms with Crippen LogP contribution in [0.15, 0.2) is 24.8 Å². The summed E-state index contributed by atoms with van der Waals surface area (Å²) in [7, 11) is 0. The van der Waals surface area contributed by atoms with Crippen molar-refractivity contribution in [1.82, 2.24) is 19.1 Å². The molecule has 2 aromatic heterocycles. The van der Waals surface area contributed by atoms with Gasteiger partial charge in [0, 0.05) is 37.6 Å². The van der Waals surface area contributed by atoms with Gasteiger partial charge in [-0.2, -0.15) is 0 Å². The third kappa shape index (κ3) is 1.97. The van der Waals surface area contributed by atoms with Gasteiger partial charge in [0.1, 0.15) is 11.6 Å². The zero-order valence-electron chi connectivity index (χ0n) is 10.3. The number of aromatic nitrogens is 4. The van der Waals surface area contributed by atoms with Crippen molar-refractivity contribution in [3.05, 3.63) is 36.4 Å². The van der Waals surface area contributed by atoms with Gasteiger partial charge in [0.05, 0.1) is 0 Å². The summed E-state index contributed by atoms with van der Waals surface area (Å²) in [4.78, 5) is 32.2. The minimum Gasteiger partial charge on any atom is -0.265 e. The van der Waals surface area contributed by atoms with Gasteiger partial charge < -0.3 is 0 Å². The molecule has 6 heteroatoms. The Morgan fingerprint density at radius 2 is 1.33 bits per heavy atom. The lowest BCUT2D eigenvalue weighted by molar-refractivity contribution is 0.0711. The summed E-state index contributed by atoms with van der Waals surface area (Å²) in [5, 5.41) is 0. The monoisotopic (exact) mass is 246 g/mol. The van der Waals surface area contributed by atoms with Crippen LogP contribution in [0.25, 0.3) is 0 Å². The molecule has 2 aromatic rings. The van der Waals surface area contributed by atoms with Crippen molar-refractivity contribution >= 4 is 11.8 Å². The number of hydrogen-bond donors (Lipinski definition) is 0. The topological polar surface area (TPSA) is 69.8 Å². The fourth-order valence-corrected chi connectivity index (χ4v) is 1.77. The van der Waals surface area contributed by atoms with Gasteiger partial charge in [-0.15, -0.1) is 0 Å². The molecule has 94 valence electrons. The average molecular weight is 246 g/mol. The van der Waals surface area contributed by atoms with E-state index >= 15 is 0 Å². The summed E-state index contributed by atoms with van der Waals surface area (Å²) in [6.07, 6.45) is 7.22. The van der Waals surface area contributed by atoms with Crippen molar-refractivity contribution in [3.63, 3.8) is 0 Å². The highest BCUT2D eigenvalue weighted by Gasteiger charge is 2.21. The Kier molecular flexibility index (Phi) is 3.36. The van der Waals surface area contributed by atoms with Gasteiger partial charge in [0.25, 0.3) is 0 Å². The van der Waals surface area contributed by atoms with Crippen molar-refractivity contribution in [1.29, 1.82) is 0 Å². The smallest absolute Gasteiger partial charge is 0.265 e. The molecule has 0 unspecified atom stereocenters. The second-order valence-electron chi connectivity index (χ2n) is 3.74. The van der Waals surface area contributed by atoms with E-state index in [1.54, 1.807) is 0 Å². The minimum absolute atomic E-state index is 0.575. The Labute approximate surface area is 104 Å². The highest BCUT2D eigenvalue weighted by atomic mass is 16.2. The summed E-state index contributed by atoms with van der Waals surface area (Å²) in [6, 6.07) is 0. The molecule has 0 radical (unpaired) electrons. The van der Waals surface area contributed by atoms with Crippen LogP contribution < -0.4 is 0 Å². The first-order chi connectivity index (χ1) is 8.69. The van der Waals surface area contributed by atoms with Crippen molar-refractivity contribution in [2.75, 3.05) is 0 Å². The molecule has 0 N–H and O–H groups in total. The summed E-state index contributed by atoms with van der Waals surface area (Å²) in [5.74, 6) is -0.0767. The molecule has 0 aliphatic rings. The van der Waals surface area contributed by atoms with Gasteiger partial charge in [-0.1, -0.05) is 13.8 Å². The molecule has 0 atom stereocenters. The number of rotatable bonds is 2. The van der Waals surface area contributed by atoms with Gasteiger partial charge in [0.2, 0.25) is 0 Å². The average Bonchev–Trinajstić information content (AvgIpc) is 3.04. The molecule has 0 aliphatic carbocycles. The van der Waals surface area contributed by atoms with Crippen LogP contribution in [0, 0.1) is 0 Å². The molecule has 6 nitrogen and oxygen atoms in total. The lowest BCUT2D eigenvalue weighted by atomic mass is 10.4. The molecule has 0 spiro atoms. The minimum atomic E-state index is -0.614. The maximum absolute atomic E-state index is 12.1. The van der Waals surface area contributed by atoms with Gasteiger partial charge in [0.15, 0.2) is 0 Å². The molecular formula is C12H14N4O2. The number of nitrogens with zero attached hydrogens (tertiary/aromatic N) is 4. The Bertz CT molecular complexity index is 530. The lowest BCUT2D eigenvalue weighted by Gasteiger charge is -2.06. The molecule has 0 fully saturated rings. The van der Waals surface area contributed by atoms with Crippen LogP contribution in [0.3, 0.4) is 0 Å². The predicted octanol–water partition coefficient (Wildman–Crippen LogP) is 1.18. The van der Waals surface area contributed by atoms with E-state index in [0.29, 0.717) is 24.5 Å². The fourth-order valence-electron chi connectivity index (χ4n) is 1.77. The largest absolute Gasteiger partial charge is 0.322 e. The molecule has 2 rings (SSSR count). The van der Waals surface area contributed by atoms with Gasteiger partial charge in [-0.25, -0.2) is 9.97 Å². The third-order valence-electron chi connectivity index (χ3n) is 2.69. The molecule has 18 heavy (non-hydrogen) atoms. The highest BCUT2D eigenvalue weighted by Crippen LogP contribution is 2.03. The first-order valence-corrected chi connectivity index (χ1v) is 5.82. The standard InChI is InChI=1S/C12H14N4O2/c1-3-9-13-5-7-15(9)11(17)12(18)16-8-6-14-10(16)4-2/h5-8H,3-4H2,1-2H3. The van der Waals surface area contributed by atoms with Gasteiger partial charge >= 0.3 is 11.8 Å². The lowest BCUT2D eigenvalue weighted by Crippen LogP contribution is -2.29. The molecular weight excluding hydrogens is 232 g/mol. The second-order valence-corrected chi connectivity index (χ2v) is 3.74. The molecule has 0 saturated carbocycles. The summed E-state index contributed by atoms with van der Waals surface area (Å²) >= 11 is 0. The maximum Gasteiger partial charge on any atom is 0.322 e. The molecule has 0 saturated heterocycles. The maximum atomic E-state index is 12.1. The molecule has 0 aromatic carbocycles. The van der Waals surface area contributed by atoms with Crippen LogP contribution in [0.5, 0.6) is 0 Å².